The summed E-state index contributed by atoms with van der Waals surface area (Å²) in [6.45, 7) is 0.844. The molecule has 0 aromatic heterocycles. The Morgan fingerprint density at radius 3 is 2.86 bits per heavy atom. The van der Waals surface area contributed by atoms with E-state index in [1.165, 1.54) is 0 Å². The lowest BCUT2D eigenvalue weighted by Crippen LogP contribution is -2.13. The molecule has 21 heavy (non-hydrogen) atoms. The quantitative estimate of drug-likeness (QED) is 0.856. The van der Waals surface area contributed by atoms with Crippen LogP contribution in [0, 0.1) is 12.3 Å². The predicted molar refractivity (Wildman–Crippen MR) is 83.8 cm³/mol. The zero-order valence-electron chi connectivity index (χ0n) is 11.3. The van der Waals surface area contributed by atoms with E-state index in [0.717, 1.165) is 24.2 Å². The molecule has 0 amide bonds. The SMILES string of the molecule is C#Cc1cccc(NS(=O)(=O)c2ccc3c(c2)NCC3)c1. The Hall–Kier alpha value is -2.45. The van der Waals surface area contributed by atoms with Gasteiger partial charge in [-0.3, -0.25) is 4.72 Å². The van der Waals surface area contributed by atoms with Crippen molar-refractivity contribution in [2.24, 2.45) is 0 Å². The average Bonchev–Trinajstić information content (AvgIpc) is 2.94. The molecule has 0 saturated carbocycles. The van der Waals surface area contributed by atoms with E-state index >= 15 is 0 Å². The van der Waals surface area contributed by atoms with Gasteiger partial charge < -0.3 is 5.32 Å². The van der Waals surface area contributed by atoms with Gasteiger partial charge in [-0.25, -0.2) is 8.42 Å². The standard InChI is InChI=1S/C16H14N2O2S/c1-2-12-4-3-5-14(10-12)18-21(19,20)15-7-6-13-8-9-17-16(13)11-15/h1,3-7,10-11,17-18H,8-9H2. The first-order chi connectivity index (χ1) is 10.1. The van der Waals surface area contributed by atoms with Crippen molar-refractivity contribution in [3.63, 3.8) is 0 Å². The molecule has 2 N–H and O–H groups in total. The van der Waals surface area contributed by atoms with Crippen LogP contribution in [0.25, 0.3) is 0 Å². The first kappa shape index (κ1) is 13.5. The Bertz CT molecular complexity index is 836. The lowest BCUT2D eigenvalue weighted by atomic mass is 10.2. The maximum Gasteiger partial charge on any atom is 0.261 e. The molecule has 0 saturated heterocycles. The monoisotopic (exact) mass is 298 g/mol. The molecule has 2 aromatic carbocycles. The molecule has 0 bridgehead atoms. The average molecular weight is 298 g/mol. The highest BCUT2D eigenvalue weighted by Gasteiger charge is 2.18. The Morgan fingerprint density at radius 2 is 2.05 bits per heavy atom. The van der Waals surface area contributed by atoms with Crippen LogP contribution < -0.4 is 10.0 Å². The number of terminal acetylenes is 1. The van der Waals surface area contributed by atoms with E-state index in [1.807, 2.05) is 6.07 Å². The number of anilines is 2. The maximum atomic E-state index is 12.4. The third kappa shape index (κ3) is 2.71. The minimum Gasteiger partial charge on any atom is -0.384 e. The highest BCUT2D eigenvalue weighted by Crippen LogP contribution is 2.26. The lowest BCUT2D eigenvalue weighted by molar-refractivity contribution is 0.601. The minimum atomic E-state index is -3.62. The first-order valence-corrected chi connectivity index (χ1v) is 8.03. The fraction of sp³-hybridized carbons (Fsp3) is 0.125. The van der Waals surface area contributed by atoms with E-state index < -0.39 is 10.0 Å². The van der Waals surface area contributed by atoms with Crippen molar-refractivity contribution in [3.05, 3.63) is 53.6 Å². The smallest absolute Gasteiger partial charge is 0.261 e. The van der Waals surface area contributed by atoms with E-state index in [1.54, 1.807) is 36.4 Å². The van der Waals surface area contributed by atoms with E-state index in [9.17, 15) is 8.42 Å². The zero-order valence-corrected chi connectivity index (χ0v) is 12.1. The van der Waals surface area contributed by atoms with Gasteiger partial charge in [0, 0.05) is 17.8 Å². The van der Waals surface area contributed by atoms with Crippen LogP contribution in [0.15, 0.2) is 47.4 Å². The van der Waals surface area contributed by atoms with Gasteiger partial charge in [0.05, 0.1) is 10.6 Å². The van der Waals surface area contributed by atoms with Crippen molar-refractivity contribution in [1.29, 1.82) is 0 Å². The van der Waals surface area contributed by atoms with Gasteiger partial charge in [-0.05, 0) is 42.3 Å². The van der Waals surface area contributed by atoms with Crippen LogP contribution in [0.2, 0.25) is 0 Å². The summed E-state index contributed by atoms with van der Waals surface area (Å²) in [4.78, 5) is 0.238. The van der Waals surface area contributed by atoms with Crippen molar-refractivity contribution < 1.29 is 8.42 Å². The van der Waals surface area contributed by atoms with Crippen molar-refractivity contribution in [2.45, 2.75) is 11.3 Å². The van der Waals surface area contributed by atoms with Crippen LogP contribution in [-0.4, -0.2) is 15.0 Å². The summed E-state index contributed by atoms with van der Waals surface area (Å²) >= 11 is 0. The van der Waals surface area contributed by atoms with Gasteiger partial charge in [-0.1, -0.05) is 18.1 Å². The molecule has 0 aliphatic carbocycles. The van der Waals surface area contributed by atoms with Gasteiger partial charge >= 0.3 is 0 Å². The minimum absolute atomic E-state index is 0.238. The molecular weight excluding hydrogens is 284 g/mol. The van der Waals surface area contributed by atoms with E-state index in [-0.39, 0.29) is 4.90 Å². The van der Waals surface area contributed by atoms with Crippen LogP contribution in [-0.2, 0) is 16.4 Å². The molecule has 0 unspecified atom stereocenters. The van der Waals surface area contributed by atoms with Gasteiger partial charge in [-0.15, -0.1) is 6.42 Å². The van der Waals surface area contributed by atoms with Crippen LogP contribution >= 0.6 is 0 Å². The predicted octanol–water partition coefficient (Wildman–Crippen LogP) is 2.44. The largest absolute Gasteiger partial charge is 0.384 e. The first-order valence-electron chi connectivity index (χ1n) is 6.55. The second-order valence-electron chi connectivity index (χ2n) is 4.83. The zero-order chi connectivity index (χ0) is 14.9. The number of nitrogens with one attached hydrogen (secondary N) is 2. The third-order valence-corrected chi connectivity index (χ3v) is 4.76. The molecule has 106 valence electrons. The van der Waals surface area contributed by atoms with E-state index in [0.29, 0.717) is 11.3 Å². The molecule has 5 heteroatoms. The van der Waals surface area contributed by atoms with Crippen LogP contribution in [0.3, 0.4) is 0 Å². The summed E-state index contributed by atoms with van der Waals surface area (Å²) in [5, 5.41) is 3.18. The summed E-state index contributed by atoms with van der Waals surface area (Å²) in [5.74, 6) is 2.48. The number of hydrogen-bond donors (Lipinski definition) is 2. The van der Waals surface area contributed by atoms with Crippen molar-refractivity contribution >= 4 is 21.4 Å². The van der Waals surface area contributed by atoms with Crippen LogP contribution in [0.1, 0.15) is 11.1 Å². The highest BCUT2D eigenvalue weighted by molar-refractivity contribution is 7.92. The second kappa shape index (κ2) is 5.15. The van der Waals surface area contributed by atoms with E-state index in [4.69, 9.17) is 6.42 Å². The van der Waals surface area contributed by atoms with Crippen molar-refractivity contribution in [3.8, 4) is 12.3 Å². The molecule has 1 aliphatic heterocycles. The van der Waals surface area contributed by atoms with Gasteiger partial charge in [0.15, 0.2) is 0 Å². The number of fused-ring (bicyclic) bond motifs is 1. The summed E-state index contributed by atoms with van der Waals surface area (Å²) in [6, 6.07) is 11.9. The fourth-order valence-corrected chi connectivity index (χ4v) is 3.40. The molecule has 3 rings (SSSR count). The molecule has 0 radical (unpaired) electrons. The fourth-order valence-electron chi connectivity index (χ4n) is 2.32. The van der Waals surface area contributed by atoms with Crippen LogP contribution in [0.5, 0.6) is 0 Å². The number of hydrogen-bond acceptors (Lipinski definition) is 3. The van der Waals surface area contributed by atoms with Crippen LogP contribution in [0.4, 0.5) is 11.4 Å². The molecule has 0 atom stereocenters. The molecule has 2 aromatic rings. The summed E-state index contributed by atoms with van der Waals surface area (Å²) in [7, 11) is -3.62. The molecule has 4 nitrogen and oxygen atoms in total. The van der Waals surface area contributed by atoms with Crippen molar-refractivity contribution in [1.82, 2.24) is 0 Å². The summed E-state index contributed by atoms with van der Waals surface area (Å²) in [5.41, 5.74) is 3.11. The van der Waals surface area contributed by atoms with Gasteiger partial charge in [0.2, 0.25) is 0 Å². The molecule has 1 heterocycles. The number of benzene rings is 2. The van der Waals surface area contributed by atoms with Crippen molar-refractivity contribution in [2.75, 3.05) is 16.6 Å². The number of rotatable bonds is 3. The highest BCUT2D eigenvalue weighted by atomic mass is 32.2. The Morgan fingerprint density at radius 1 is 1.19 bits per heavy atom. The van der Waals surface area contributed by atoms with Gasteiger partial charge in [0.25, 0.3) is 10.0 Å². The second-order valence-corrected chi connectivity index (χ2v) is 6.51. The summed E-state index contributed by atoms with van der Waals surface area (Å²) < 4.78 is 27.4. The topological polar surface area (TPSA) is 58.2 Å². The van der Waals surface area contributed by atoms with Gasteiger partial charge in [-0.2, -0.15) is 0 Å². The summed E-state index contributed by atoms with van der Waals surface area (Å²) in [6.07, 6.45) is 6.24. The molecular formula is C16H14N2O2S. The normalized spacial score (nSPS) is 13.1. The Labute approximate surface area is 124 Å². The Kier molecular flexibility index (Phi) is 3.32. The maximum absolute atomic E-state index is 12.4. The lowest BCUT2D eigenvalue weighted by Gasteiger charge is -2.10. The third-order valence-electron chi connectivity index (χ3n) is 3.38. The van der Waals surface area contributed by atoms with Gasteiger partial charge in [0.1, 0.15) is 0 Å². The Balaban J connectivity index is 1.92. The van der Waals surface area contributed by atoms with E-state index in [2.05, 4.69) is 16.0 Å². The molecule has 0 spiro atoms. The molecule has 1 aliphatic rings. The molecule has 0 fully saturated rings. The number of sulfonamides is 1.